The summed E-state index contributed by atoms with van der Waals surface area (Å²) in [6.07, 6.45) is 2.12. The molecule has 0 aromatic heterocycles. The Hall–Kier alpha value is -2.56. The van der Waals surface area contributed by atoms with Crippen LogP contribution in [0.25, 0.3) is 0 Å². The number of hydrogen-bond donors (Lipinski definition) is 1. The second-order valence-corrected chi connectivity index (χ2v) is 5.55. The highest BCUT2D eigenvalue weighted by atomic mass is 16.6. The Balaban J connectivity index is 1.56. The van der Waals surface area contributed by atoms with Crippen LogP contribution < -0.4 is 10.2 Å². The predicted molar refractivity (Wildman–Crippen MR) is 88.4 cm³/mol. The summed E-state index contributed by atoms with van der Waals surface area (Å²) in [6.45, 7) is 1.92. The van der Waals surface area contributed by atoms with Gasteiger partial charge in [-0.25, -0.2) is 0 Å². The number of para-hydroxylation sites is 1. The minimum Gasteiger partial charge on any atom is -0.382 e. The zero-order chi connectivity index (χ0) is 15.4. The highest BCUT2D eigenvalue weighted by Crippen LogP contribution is 2.24. The number of rotatable bonds is 4. The molecule has 0 spiro atoms. The average Bonchev–Trinajstić information content (AvgIpc) is 2.57. The van der Waals surface area contributed by atoms with Crippen LogP contribution in [0.5, 0.6) is 0 Å². The van der Waals surface area contributed by atoms with Crippen molar-refractivity contribution >= 4 is 17.1 Å². The molecule has 0 atom stereocenters. The number of anilines is 2. The minimum atomic E-state index is -0.361. The third-order valence-electron chi connectivity index (χ3n) is 4.07. The van der Waals surface area contributed by atoms with E-state index in [2.05, 4.69) is 22.3 Å². The van der Waals surface area contributed by atoms with Gasteiger partial charge in [0.1, 0.15) is 0 Å². The zero-order valence-electron chi connectivity index (χ0n) is 12.3. The highest BCUT2D eigenvalue weighted by molar-refractivity contribution is 5.51. The first-order chi connectivity index (χ1) is 10.7. The Kier molecular flexibility index (Phi) is 4.23. The quantitative estimate of drug-likeness (QED) is 0.691. The number of benzene rings is 2. The Bertz CT molecular complexity index is 620. The van der Waals surface area contributed by atoms with Crippen LogP contribution >= 0.6 is 0 Å². The lowest BCUT2D eigenvalue weighted by molar-refractivity contribution is -0.384. The van der Waals surface area contributed by atoms with Crippen LogP contribution in [0.4, 0.5) is 17.1 Å². The van der Waals surface area contributed by atoms with Crippen LogP contribution in [-0.4, -0.2) is 24.1 Å². The number of nitrogens with one attached hydrogen (secondary N) is 1. The van der Waals surface area contributed by atoms with Gasteiger partial charge in [-0.3, -0.25) is 10.1 Å². The van der Waals surface area contributed by atoms with E-state index >= 15 is 0 Å². The van der Waals surface area contributed by atoms with Crippen LogP contribution in [0.15, 0.2) is 54.6 Å². The van der Waals surface area contributed by atoms with Crippen molar-refractivity contribution in [2.45, 2.75) is 18.9 Å². The second-order valence-electron chi connectivity index (χ2n) is 5.55. The average molecular weight is 297 g/mol. The molecule has 114 valence electrons. The molecule has 0 saturated carbocycles. The lowest BCUT2D eigenvalue weighted by Crippen LogP contribution is -2.39. The maximum absolute atomic E-state index is 10.7. The first-order valence-corrected chi connectivity index (χ1v) is 7.53. The number of nitro groups is 1. The van der Waals surface area contributed by atoms with Gasteiger partial charge in [-0.2, -0.15) is 0 Å². The number of nitro benzene ring substituents is 1. The molecule has 2 aromatic carbocycles. The molecule has 3 rings (SSSR count). The first-order valence-electron chi connectivity index (χ1n) is 7.53. The standard InChI is InChI=1S/C17H19N3O2/c21-20(22)17-8-6-16(7-9-17)19-12-10-15(11-13-19)18-14-4-2-1-3-5-14/h1-9,15,18H,10-13H2. The smallest absolute Gasteiger partial charge is 0.269 e. The lowest BCUT2D eigenvalue weighted by Gasteiger charge is -2.34. The van der Waals surface area contributed by atoms with Gasteiger partial charge < -0.3 is 10.2 Å². The molecule has 1 aliphatic rings. The predicted octanol–water partition coefficient (Wildman–Crippen LogP) is 3.68. The van der Waals surface area contributed by atoms with Gasteiger partial charge in [0.15, 0.2) is 0 Å². The summed E-state index contributed by atoms with van der Waals surface area (Å²) in [4.78, 5) is 12.6. The van der Waals surface area contributed by atoms with E-state index in [0.29, 0.717) is 6.04 Å². The molecule has 1 fully saturated rings. The zero-order valence-corrected chi connectivity index (χ0v) is 12.3. The van der Waals surface area contributed by atoms with Gasteiger partial charge in [-0.05, 0) is 37.1 Å². The van der Waals surface area contributed by atoms with E-state index in [4.69, 9.17) is 0 Å². The lowest BCUT2D eigenvalue weighted by atomic mass is 10.0. The molecule has 0 unspecified atom stereocenters. The van der Waals surface area contributed by atoms with Crippen LogP contribution in [0.1, 0.15) is 12.8 Å². The molecule has 1 aliphatic heterocycles. The van der Waals surface area contributed by atoms with Crippen LogP contribution in [0.3, 0.4) is 0 Å². The van der Waals surface area contributed by atoms with Gasteiger partial charge in [0.05, 0.1) is 4.92 Å². The summed E-state index contributed by atoms with van der Waals surface area (Å²) in [7, 11) is 0. The van der Waals surface area contributed by atoms with Crippen molar-refractivity contribution in [2.75, 3.05) is 23.3 Å². The largest absolute Gasteiger partial charge is 0.382 e. The van der Waals surface area contributed by atoms with Crippen LogP contribution in [0, 0.1) is 10.1 Å². The summed E-state index contributed by atoms with van der Waals surface area (Å²) in [5.41, 5.74) is 2.37. The maximum Gasteiger partial charge on any atom is 0.269 e. The topological polar surface area (TPSA) is 58.4 Å². The molecule has 2 aromatic rings. The van der Waals surface area contributed by atoms with E-state index in [-0.39, 0.29) is 10.6 Å². The summed E-state index contributed by atoms with van der Waals surface area (Å²) in [5, 5.41) is 14.2. The summed E-state index contributed by atoms with van der Waals surface area (Å²) in [5.74, 6) is 0. The molecule has 5 nitrogen and oxygen atoms in total. The van der Waals surface area contributed by atoms with Gasteiger partial charge in [0, 0.05) is 42.6 Å². The molecular weight excluding hydrogens is 278 g/mol. The molecular formula is C17H19N3O2. The molecule has 0 radical (unpaired) electrons. The number of non-ortho nitro benzene ring substituents is 1. The minimum absolute atomic E-state index is 0.143. The molecule has 0 aliphatic carbocycles. The fraction of sp³-hybridized carbons (Fsp3) is 0.294. The fourth-order valence-corrected chi connectivity index (χ4v) is 2.84. The second kappa shape index (κ2) is 6.47. The van der Waals surface area contributed by atoms with Gasteiger partial charge in [-0.1, -0.05) is 18.2 Å². The van der Waals surface area contributed by atoms with Gasteiger partial charge in [0.25, 0.3) is 5.69 Å². The molecule has 5 heteroatoms. The van der Waals surface area contributed by atoms with Gasteiger partial charge in [-0.15, -0.1) is 0 Å². The van der Waals surface area contributed by atoms with E-state index in [1.807, 2.05) is 30.3 Å². The Morgan fingerprint density at radius 1 is 1.00 bits per heavy atom. The van der Waals surface area contributed by atoms with Crippen molar-refractivity contribution in [3.8, 4) is 0 Å². The molecule has 1 heterocycles. The molecule has 1 N–H and O–H groups in total. The van der Waals surface area contributed by atoms with Crippen molar-refractivity contribution in [2.24, 2.45) is 0 Å². The van der Waals surface area contributed by atoms with E-state index in [9.17, 15) is 10.1 Å². The molecule has 1 saturated heterocycles. The van der Waals surface area contributed by atoms with E-state index in [0.717, 1.165) is 37.3 Å². The Labute approximate surface area is 129 Å². The fourth-order valence-electron chi connectivity index (χ4n) is 2.84. The van der Waals surface area contributed by atoms with E-state index in [1.165, 1.54) is 0 Å². The normalized spacial score (nSPS) is 15.5. The van der Waals surface area contributed by atoms with Gasteiger partial charge >= 0.3 is 0 Å². The summed E-state index contributed by atoms with van der Waals surface area (Å²) in [6, 6.07) is 17.6. The molecule has 22 heavy (non-hydrogen) atoms. The van der Waals surface area contributed by atoms with Crippen molar-refractivity contribution in [3.63, 3.8) is 0 Å². The van der Waals surface area contributed by atoms with Gasteiger partial charge in [0.2, 0.25) is 0 Å². The summed E-state index contributed by atoms with van der Waals surface area (Å²) < 4.78 is 0. The molecule has 0 bridgehead atoms. The van der Waals surface area contributed by atoms with Crippen LogP contribution in [0.2, 0.25) is 0 Å². The molecule has 0 amide bonds. The number of piperidine rings is 1. The maximum atomic E-state index is 10.7. The Morgan fingerprint density at radius 3 is 2.23 bits per heavy atom. The number of hydrogen-bond acceptors (Lipinski definition) is 4. The summed E-state index contributed by atoms with van der Waals surface area (Å²) >= 11 is 0. The van der Waals surface area contributed by atoms with Crippen molar-refractivity contribution in [3.05, 3.63) is 64.7 Å². The monoisotopic (exact) mass is 297 g/mol. The SMILES string of the molecule is O=[N+]([O-])c1ccc(N2CCC(Nc3ccccc3)CC2)cc1. The number of nitrogens with zero attached hydrogens (tertiary/aromatic N) is 2. The van der Waals surface area contributed by atoms with E-state index in [1.54, 1.807) is 12.1 Å². The van der Waals surface area contributed by atoms with E-state index < -0.39 is 0 Å². The third-order valence-corrected chi connectivity index (χ3v) is 4.07. The van der Waals surface area contributed by atoms with Crippen molar-refractivity contribution < 1.29 is 4.92 Å². The highest BCUT2D eigenvalue weighted by Gasteiger charge is 2.19. The van der Waals surface area contributed by atoms with Crippen LogP contribution in [-0.2, 0) is 0 Å². The van der Waals surface area contributed by atoms with Crippen molar-refractivity contribution in [1.82, 2.24) is 0 Å². The van der Waals surface area contributed by atoms with Crippen molar-refractivity contribution in [1.29, 1.82) is 0 Å². The third kappa shape index (κ3) is 3.36. The first kappa shape index (κ1) is 14.4. The Morgan fingerprint density at radius 2 is 1.64 bits per heavy atom.